The smallest absolute Gasteiger partial charge is 0.253 e. The molecule has 1 aromatic heterocycles. The maximum atomic E-state index is 11.9. The standard InChI is InChI=1S/C14H17N3OS/c1-2-13-17-10(9-19-13)7-8-16-14(18)11-5-3-4-6-12(11)15/h3-6,9H,2,7-8,15H2,1H3,(H,16,18). The molecule has 3 N–H and O–H groups in total. The van der Waals surface area contributed by atoms with Gasteiger partial charge >= 0.3 is 0 Å². The molecule has 0 unspecified atom stereocenters. The van der Waals surface area contributed by atoms with E-state index in [1.165, 1.54) is 0 Å². The molecule has 1 aromatic carbocycles. The van der Waals surface area contributed by atoms with Crippen molar-refractivity contribution in [2.24, 2.45) is 0 Å². The third-order valence-electron chi connectivity index (χ3n) is 2.77. The second kappa shape index (κ2) is 6.33. The van der Waals surface area contributed by atoms with Gasteiger partial charge in [-0.2, -0.15) is 0 Å². The number of nitrogens with two attached hydrogens (primary N) is 1. The molecule has 1 amide bonds. The lowest BCUT2D eigenvalue weighted by atomic mass is 10.1. The van der Waals surface area contributed by atoms with Gasteiger partial charge in [0.05, 0.1) is 16.3 Å². The van der Waals surface area contributed by atoms with E-state index in [1.54, 1.807) is 29.5 Å². The zero-order valence-corrected chi connectivity index (χ0v) is 11.7. The van der Waals surface area contributed by atoms with E-state index in [0.717, 1.165) is 23.5 Å². The van der Waals surface area contributed by atoms with Crippen LogP contribution in [-0.4, -0.2) is 17.4 Å². The zero-order valence-electron chi connectivity index (χ0n) is 10.8. The van der Waals surface area contributed by atoms with E-state index in [4.69, 9.17) is 5.73 Å². The van der Waals surface area contributed by atoms with Gasteiger partial charge in [-0.25, -0.2) is 4.98 Å². The summed E-state index contributed by atoms with van der Waals surface area (Å²) in [7, 11) is 0. The van der Waals surface area contributed by atoms with Gasteiger partial charge in [0, 0.05) is 24.0 Å². The van der Waals surface area contributed by atoms with Crippen molar-refractivity contribution in [2.45, 2.75) is 19.8 Å². The minimum Gasteiger partial charge on any atom is -0.398 e. The van der Waals surface area contributed by atoms with Crippen LogP contribution in [0.4, 0.5) is 5.69 Å². The van der Waals surface area contributed by atoms with Crippen molar-refractivity contribution in [3.8, 4) is 0 Å². The van der Waals surface area contributed by atoms with Crippen LogP contribution < -0.4 is 11.1 Å². The molecule has 0 aliphatic carbocycles. The number of carbonyl (C=O) groups is 1. The summed E-state index contributed by atoms with van der Waals surface area (Å²) >= 11 is 1.66. The van der Waals surface area contributed by atoms with Crippen LogP contribution in [-0.2, 0) is 12.8 Å². The second-order valence-electron chi connectivity index (χ2n) is 4.18. The van der Waals surface area contributed by atoms with E-state index in [1.807, 2.05) is 11.4 Å². The molecular formula is C14H17N3OS. The third-order valence-corrected chi connectivity index (χ3v) is 3.82. The quantitative estimate of drug-likeness (QED) is 0.822. The summed E-state index contributed by atoms with van der Waals surface area (Å²) < 4.78 is 0. The highest BCUT2D eigenvalue weighted by Gasteiger charge is 2.08. The van der Waals surface area contributed by atoms with Gasteiger partial charge in [0.1, 0.15) is 0 Å². The van der Waals surface area contributed by atoms with E-state index >= 15 is 0 Å². The van der Waals surface area contributed by atoms with Crippen molar-refractivity contribution in [3.05, 3.63) is 45.9 Å². The highest BCUT2D eigenvalue weighted by molar-refractivity contribution is 7.09. The first-order valence-corrected chi connectivity index (χ1v) is 7.14. The monoisotopic (exact) mass is 275 g/mol. The number of para-hydroxylation sites is 1. The lowest BCUT2D eigenvalue weighted by Crippen LogP contribution is -2.26. The first kappa shape index (κ1) is 13.5. The van der Waals surface area contributed by atoms with E-state index in [2.05, 4.69) is 17.2 Å². The highest BCUT2D eigenvalue weighted by atomic mass is 32.1. The third kappa shape index (κ3) is 3.54. The van der Waals surface area contributed by atoms with E-state index in [-0.39, 0.29) is 5.91 Å². The van der Waals surface area contributed by atoms with Crippen molar-refractivity contribution >= 4 is 22.9 Å². The molecule has 5 heteroatoms. The number of rotatable bonds is 5. The average Bonchev–Trinajstić information content (AvgIpc) is 2.87. The Kier molecular flexibility index (Phi) is 4.52. The molecule has 0 saturated heterocycles. The predicted octanol–water partition coefficient (Wildman–Crippen LogP) is 2.26. The first-order chi connectivity index (χ1) is 9.20. The summed E-state index contributed by atoms with van der Waals surface area (Å²) in [4.78, 5) is 16.4. The molecule has 19 heavy (non-hydrogen) atoms. The molecule has 0 spiro atoms. The molecule has 4 nitrogen and oxygen atoms in total. The Morgan fingerprint density at radius 3 is 2.89 bits per heavy atom. The predicted molar refractivity (Wildman–Crippen MR) is 78.4 cm³/mol. The Hall–Kier alpha value is -1.88. The number of nitrogens with one attached hydrogen (secondary N) is 1. The van der Waals surface area contributed by atoms with Gasteiger partial charge in [-0.15, -0.1) is 11.3 Å². The minimum absolute atomic E-state index is 0.135. The van der Waals surface area contributed by atoms with Crippen LogP contribution in [0, 0.1) is 0 Å². The lowest BCUT2D eigenvalue weighted by molar-refractivity contribution is 0.0955. The summed E-state index contributed by atoms with van der Waals surface area (Å²) in [6, 6.07) is 7.07. The van der Waals surface area contributed by atoms with Crippen LogP contribution in [0.25, 0.3) is 0 Å². The highest BCUT2D eigenvalue weighted by Crippen LogP contribution is 2.11. The molecule has 0 fully saturated rings. The van der Waals surface area contributed by atoms with Gasteiger partial charge in [0.15, 0.2) is 0 Å². The number of hydrogen-bond donors (Lipinski definition) is 2. The number of nitrogens with zero attached hydrogens (tertiary/aromatic N) is 1. The Balaban J connectivity index is 1.86. The fourth-order valence-electron chi connectivity index (χ4n) is 1.73. The molecule has 100 valence electrons. The van der Waals surface area contributed by atoms with E-state index < -0.39 is 0 Å². The van der Waals surface area contributed by atoms with E-state index in [9.17, 15) is 4.79 Å². The Morgan fingerprint density at radius 2 is 2.21 bits per heavy atom. The number of hydrogen-bond acceptors (Lipinski definition) is 4. The number of carbonyl (C=O) groups excluding carboxylic acids is 1. The largest absolute Gasteiger partial charge is 0.398 e. The molecule has 0 atom stereocenters. The minimum atomic E-state index is -0.135. The zero-order chi connectivity index (χ0) is 13.7. The van der Waals surface area contributed by atoms with Gasteiger partial charge < -0.3 is 11.1 Å². The van der Waals surface area contributed by atoms with Crippen LogP contribution >= 0.6 is 11.3 Å². The maximum Gasteiger partial charge on any atom is 0.253 e. The van der Waals surface area contributed by atoms with Gasteiger partial charge in [-0.1, -0.05) is 19.1 Å². The van der Waals surface area contributed by atoms with Crippen LogP contribution in [0.3, 0.4) is 0 Å². The molecule has 0 bridgehead atoms. The number of benzene rings is 1. The summed E-state index contributed by atoms with van der Waals surface area (Å²) in [5, 5.41) is 6.04. The molecule has 0 saturated carbocycles. The molecule has 1 heterocycles. The van der Waals surface area contributed by atoms with Crippen LogP contribution in [0.2, 0.25) is 0 Å². The molecule has 2 aromatic rings. The number of nitrogen functional groups attached to an aromatic ring is 1. The van der Waals surface area contributed by atoms with Gasteiger partial charge in [0.25, 0.3) is 5.91 Å². The molecule has 0 radical (unpaired) electrons. The summed E-state index contributed by atoms with van der Waals surface area (Å²) in [6.07, 6.45) is 1.70. The van der Waals surface area contributed by atoms with Crippen molar-refractivity contribution < 1.29 is 4.79 Å². The molecule has 2 rings (SSSR count). The fraction of sp³-hybridized carbons (Fsp3) is 0.286. The summed E-state index contributed by atoms with van der Waals surface area (Å²) in [5.74, 6) is -0.135. The van der Waals surface area contributed by atoms with Gasteiger partial charge in [-0.05, 0) is 18.6 Å². The number of amides is 1. The first-order valence-electron chi connectivity index (χ1n) is 6.26. The summed E-state index contributed by atoms with van der Waals surface area (Å²) in [6.45, 7) is 2.66. The Labute approximate surface area is 116 Å². The maximum absolute atomic E-state index is 11.9. The van der Waals surface area contributed by atoms with Crippen molar-refractivity contribution in [3.63, 3.8) is 0 Å². The van der Waals surface area contributed by atoms with Gasteiger partial charge in [0.2, 0.25) is 0 Å². The van der Waals surface area contributed by atoms with Crippen molar-refractivity contribution in [2.75, 3.05) is 12.3 Å². The number of anilines is 1. The Bertz CT molecular complexity index is 565. The Morgan fingerprint density at radius 1 is 1.42 bits per heavy atom. The fourth-order valence-corrected chi connectivity index (χ4v) is 2.51. The number of aryl methyl sites for hydroxylation is 1. The topological polar surface area (TPSA) is 68.0 Å². The molecule has 0 aliphatic rings. The van der Waals surface area contributed by atoms with Crippen LogP contribution in [0.5, 0.6) is 0 Å². The van der Waals surface area contributed by atoms with Gasteiger partial charge in [-0.3, -0.25) is 4.79 Å². The molecule has 0 aliphatic heterocycles. The van der Waals surface area contributed by atoms with Crippen LogP contribution in [0.15, 0.2) is 29.6 Å². The normalized spacial score (nSPS) is 10.4. The summed E-state index contributed by atoms with van der Waals surface area (Å²) in [5.41, 5.74) is 7.81. The van der Waals surface area contributed by atoms with E-state index in [0.29, 0.717) is 17.8 Å². The van der Waals surface area contributed by atoms with Crippen molar-refractivity contribution in [1.29, 1.82) is 0 Å². The number of aromatic nitrogens is 1. The SMILES string of the molecule is CCc1nc(CCNC(=O)c2ccccc2N)cs1. The lowest BCUT2D eigenvalue weighted by Gasteiger charge is -2.06. The van der Waals surface area contributed by atoms with Crippen molar-refractivity contribution in [1.82, 2.24) is 10.3 Å². The molecular weight excluding hydrogens is 258 g/mol. The second-order valence-corrected chi connectivity index (χ2v) is 5.12. The van der Waals surface area contributed by atoms with Crippen LogP contribution in [0.1, 0.15) is 28.0 Å². The number of thiazole rings is 1. The average molecular weight is 275 g/mol.